The van der Waals surface area contributed by atoms with E-state index in [1.165, 1.54) is 0 Å². The molecule has 130 valence electrons. The molecule has 0 saturated heterocycles. The smallest absolute Gasteiger partial charge is 0.191 e. The van der Waals surface area contributed by atoms with Crippen LogP contribution >= 0.6 is 0 Å². The minimum absolute atomic E-state index is 0.525. The van der Waals surface area contributed by atoms with Gasteiger partial charge in [0, 0.05) is 6.54 Å². The summed E-state index contributed by atoms with van der Waals surface area (Å²) in [5.41, 5.74) is 1.14. The third kappa shape index (κ3) is 6.36. The lowest BCUT2D eigenvalue weighted by molar-refractivity contribution is 0.271. The molecule has 5 nitrogen and oxygen atoms in total. The van der Waals surface area contributed by atoms with E-state index in [0.29, 0.717) is 19.0 Å². The third-order valence-corrected chi connectivity index (χ3v) is 3.28. The first-order valence-corrected chi connectivity index (χ1v) is 8.43. The molecule has 0 saturated carbocycles. The zero-order valence-electron chi connectivity index (χ0n) is 14.7. The minimum Gasteiger partial charge on any atom is -0.493 e. The highest BCUT2D eigenvalue weighted by atomic mass is 16.5. The molecule has 1 heterocycles. The van der Waals surface area contributed by atoms with Crippen LogP contribution in [0.4, 0.5) is 0 Å². The van der Waals surface area contributed by atoms with Gasteiger partial charge in [-0.1, -0.05) is 26.0 Å². The van der Waals surface area contributed by atoms with Crippen molar-refractivity contribution in [2.24, 2.45) is 10.9 Å². The van der Waals surface area contributed by atoms with Crippen LogP contribution in [-0.2, 0) is 13.1 Å². The molecule has 0 aliphatic rings. The zero-order valence-corrected chi connectivity index (χ0v) is 14.7. The van der Waals surface area contributed by atoms with Crippen molar-refractivity contribution in [3.63, 3.8) is 0 Å². The van der Waals surface area contributed by atoms with E-state index in [2.05, 4.69) is 41.6 Å². The van der Waals surface area contributed by atoms with E-state index in [9.17, 15) is 0 Å². The topological polar surface area (TPSA) is 58.8 Å². The van der Waals surface area contributed by atoms with Gasteiger partial charge in [0.05, 0.1) is 26.0 Å². The molecule has 2 rings (SSSR count). The van der Waals surface area contributed by atoms with Crippen molar-refractivity contribution in [1.82, 2.24) is 10.6 Å². The van der Waals surface area contributed by atoms with Gasteiger partial charge in [0.2, 0.25) is 0 Å². The molecule has 0 unspecified atom stereocenters. The van der Waals surface area contributed by atoms with Crippen molar-refractivity contribution >= 4 is 5.96 Å². The first kappa shape index (κ1) is 17.9. The third-order valence-electron chi connectivity index (χ3n) is 3.28. The van der Waals surface area contributed by atoms with Crippen LogP contribution in [0.5, 0.6) is 5.75 Å². The van der Waals surface area contributed by atoms with Gasteiger partial charge in [-0.25, -0.2) is 4.99 Å². The summed E-state index contributed by atoms with van der Waals surface area (Å²) in [6.07, 6.45) is 1.67. The molecule has 0 bridgehead atoms. The van der Waals surface area contributed by atoms with E-state index in [-0.39, 0.29) is 0 Å². The number of hydrogen-bond donors (Lipinski definition) is 2. The van der Waals surface area contributed by atoms with Gasteiger partial charge < -0.3 is 19.8 Å². The molecule has 1 aromatic carbocycles. The zero-order chi connectivity index (χ0) is 17.2. The summed E-state index contributed by atoms with van der Waals surface area (Å²) in [5.74, 6) is 3.08. The highest BCUT2D eigenvalue weighted by Gasteiger charge is 2.01. The largest absolute Gasteiger partial charge is 0.493 e. The maximum atomic E-state index is 5.70. The second-order valence-corrected chi connectivity index (χ2v) is 5.98. The van der Waals surface area contributed by atoms with Gasteiger partial charge in [0.1, 0.15) is 11.5 Å². The van der Waals surface area contributed by atoms with E-state index in [1.807, 2.05) is 31.2 Å². The summed E-state index contributed by atoms with van der Waals surface area (Å²) in [6, 6.07) is 11.9. The van der Waals surface area contributed by atoms with Gasteiger partial charge in [-0.15, -0.1) is 0 Å². The summed E-state index contributed by atoms with van der Waals surface area (Å²) in [6.45, 7) is 9.09. The Labute approximate surface area is 144 Å². The Kier molecular flexibility index (Phi) is 7.21. The predicted octanol–water partition coefficient (Wildman–Crippen LogP) is 3.57. The average molecular weight is 329 g/mol. The second-order valence-electron chi connectivity index (χ2n) is 5.98. The molecule has 0 aliphatic heterocycles. The number of rotatable bonds is 8. The molecule has 0 atom stereocenters. The fourth-order valence-corrected chi connectivity index (χ4v) is 2.05. The monoisotopic (exact) mass is 329 g/mol. The fourth-order valence-electron chi connectivity index (χ4n) is 2.05. The summed E-state index contributed by atoms with van der Waals surface area (Å²) in [7, 11) is 0. The summed E-state index contributed by atoms with van der Waals surface area (Å²) >= 11 is 0. The molecule has 0 amide bonds. The highest BCUT2D eigenvalue weighted by molar-refractivity contribution is 5.79. The summed E-state index contributed by atoms with van der Waals surface area (Å²) in [4.78, 5) is 4.60. The first-order chi connectivity index (χ1) is 11.7. The van der Waals surface area contributed by atoms with Crippen molar-refractivity contribution in [3.05, 3.63) is 54.0 Å². The van der Waals surface area contributed by atoms with Crippen molar-refractivity contribution in [2.75, 3.05) is 13.2 Å². The fraction of sp³-hybridized carbons (Fsp3) is 0.421. The number of furan rings is 1. The first-order valence-electron chi connectivity index (χ1n) is 8.43. The number of aliphatic imine (C=N–C) groups is 1. The van der Waals surface area contributed by atoms with Crippen molar-refractivity contribution < 1.29 is 9.15 Å². The molecule has 5 heteroatoms. The number of nitrogens with one attached hydrogen (secondary N) is 2. The molecular weight excluding hydrogens is 302 g/mol. The molecule has 0 spiro atoms. The molecule has 0 radical (unpaired) electrons. The normalized spacial score (nSPS) is 11.6. The molecule has 0 aliphatic carbocycles. The Balaban J connectivity index is 1.87. The molecule has 2 aromatic rings. The maximum Gasteiger partial charge on any atom is 0.191 e. The lowest BCUT2D eigenvalue weighted by Gasteiger charge is -2.11. The highest BCUT2D eigenvalue weighted by Crippen LogP contribution is 2.13. The Morgan fingerprint density at radius 1 is 1.17 bits per heavy atom. The Bertz CT molecular complexity index is 604. The van der Waals surface area contributed by atoms with E-state index < -0.39 is 0 Å². The number of hydrogen-bond acceptors (Lipinski definition) is 3. The number of benzene rings is 1. The summed E-state index contributed by atoms with van der Waals surface area (Å²) < 4.78 is 11.0. The van der Waals surface area contributed by atoms with Gasteiger partial charge in [-0.3, -0.25) is 0 Å². The van der Waals surface area contributed by atoms with Gasteiger partial charge in [-0.2, -0.15) is 0 Å². The van der Waals surface area contributed by atoms with Crippen LogP contribution in [0.25, 0.3) is 0 Å². The SMILES string of the molecule is CCNC(=NCc1ccc(OCC(C)C)cc1)NCc1ccco1. The Morgan fingerprint density at radius 3 is 2.58 bits per heavy atom. The number of guanidine groups is 1. The van der Waals surface area contributed by atoms with Crippen molar-refractivity contribution in [1.29, 1.82) is 0 Å². The van der Waals surface area contributed by atoms with Crippen LogP contribution in [-0.4, -0.2) is 19.1 Å². The molecular formula is C19H27N3O2. The van der Waals surface area contributed by atoms with Crippen LogP contribution in [0.3, 0.4) is 0 Å². The molecule has 1 aromatic heterocycles. The molecule has 0 fully saturated rings. The number of nitrogens with zero attached hydrogens (tertiary/aromatic N) is 1. The second kappa shape index (κ2) is 9.65. The Hall–Kier alpha value is -2.43. The van der Waals surface area contributed by atoms with Gasteiger partial charge in [-0.05, 0) is 42.7 Å². The van der Waals surface area contributed by atoms with Crippen molar-refractivity contribution in [3.8, 4) is 5.75 Å². The number of ether oxygens (including phenoxy) is 1. The Morgan fingerprint density at radius 2 is 1.96 bits per heavy atom. The maximum absolute atomic E-state index is 5.70. The lowest BCUT2D eigenvalue weighted by Crippen LogP contribution is -2.36. The van der Waals surface area contributed by atoms with Gasteiger partial charge in [0.15, 0.2) is 5.96 Å². The minimum atomic E-state index is 0.525. The van der Waals surface area contributed by atoms with Crippen LogP contribution in [0.1, 0.15) is 32.1 Å². The standard InChI is InChI=1S/C19H27N3O2/c1-4-20-19(22-13-18-6-5-11-23-18)21-12-16-7-9-17(10-8-16)24-14-15(2)3/h5-11,15H,4,12-14H2,1-3H3,(H2,20,21,22). The van der Waals surface area contributed by atoms with Gasteiger partial charge in [0.25, 0.3) is 0 Å². The van der Waals surface area contributed by atoms with Crippen LogP contribution in [0.2, 0.25) is 0 Å². The molecule has 2 N–H and O–H groups in total. The van der Waals surface area contributed by atoms with E-state index in [4.69, 9.17) is 9.15 Å². The van der Waals surface area contributed by atoms with E-state index in [0.717, 1.165) is 36.2 Å². The van der Waals surface area contributed by atoms with Crippen LogP contribution in [0, 0.1) is 5.92 Å². The van der Waals surface area contributed by atoms with Gasteiger partial charge >= 0.3 is 0 Å². The lowest BCUT2D eigenvalue weighted by atomic mass is 10.2. The average Bonchev–Trinajstić information content (AvgIpc) is 3.10. The quantitative estimate of drug-likeness (QED) is 0.574. The van der Waals surface area contributed by atoms with Crippen LogP contribution < -0.4 is 15.4 Å². The predicted molar refractivity (Wildman–Crippen MR) is 97.1 cm³/mol. The van der Waals surface area contributed by atoms with Crippen LogP contribution in [0.15, 0.2) is 52.1 Å². The van der Waals surface area contributed by atoms with Crippen molar-refractivity contribution in [2.45, 2.75) is 33.9 Å². The molecule has 24 heavy (non-hydrogen) atoms. The van der Waals surface area contributed by atoms with E-state index in [1.54, 1.807) is 6.26 Å². The van der Waals surface area contributed by atoms with E-state index >= 15 is 0 Å². The summed E-state index contributed by atoms with van der Waals surface area (Å²) in [5, 5.41) is 6.49.